The third-order valence-electron chi connectivity index (χ3n) is 6.74. The molecule has 1 unspecified atom stereocenters. The number of nitrogens with zero attached hydrogens (tertiary/aromatic N) is 1. The number of furan rings is 1. The maximum Gasteiger partial charge on any atom is 0.141 e. The van der Waals surface area contributed by atoms with E-state index in [0.29, 0.717) is 24.6 Å². The molecule has 1 atom stereocenters. The zero-order valence-corrected chi connectivity index (χ0v) is 20.7. The first kappa shape index (κ1) is 24.2. The van der Waals surface area contributed by atoms with Gasteiger partial charge in [-0.25, -0.2) is 0 Å². The van der Waals surface area contributed by atoms with Crippen LogP contribution < -0.4 is 4.74 Å². The average molecular weight is 488 g/mol. The molecule has 0 saturated carbocycles. The zero-order valence-electron chi connectivity index (χ0n) is 20.7. The molecule has 3 aromatic carbocycles. The highest BCUT2D eigenvalue weighted by Gasteiger charge is 2.26. The maximum atomic E-state index is 10.0. The SMILES string of the molecule is CCOC(c1ccc(OCCN2CCCCC2)cc1)c1c(-c2ccc(O)cc2)oc2cc(O)ccc12. The molecule has 2 N–H and O–H groups in total. The number of aromatic hydroxyl groups is 2. The number of piperidine rings is 1. The zero-order chi connectivity index (χ0) is 24.9. The van der Waals surface area contributed by atoms with Crippen LogP contribution in [0.15, 0.2) is 71.1 Å². The number of rotatable bonds is 9. The third kappa shape index (κ3) is 5.35. The van der Waals surface area contributed by atoms with Crippen LogP contribution in [0, 0.1) is 0 Å². The molecule has 1 aromatic heterocycles. The number of likely N-dealkylation sites (tertiary alicyclic amines) is 1. The quantitative estimate of drug-likeness (QED) is 0.281. The number of hydrogen-bond acceptors (Lipinski definition) is 6. The summed E-state index contributed by atoms with van der Waals surface area (Å²) >= 11 is 0. The second kappa shape index (κ2) is 11.1. The molecule has 1 aliphatic heterocycles. The van der Waals surface area contributed by atoms with Crippen LogP contribution in [0.3, 0.4) is 0 Å². The number of phenols is 2. The number of benzene rings is 3. The van der Waals surface area contributed by atoms with Gasteiger partial charge in [0.15, 0.2) is 0 Å². The lowest BCUT2D eigenvalue weighted by molar-refractivity contribution is 0.0921. The van der Waals surface area contributed by atoms with Crippen molar-refractivity contribution >= 4 is 11.0 Å². The molecule has 2 heterocycles. The Bertz CT molecular complexity index is 1270. The molecule has 0 bridgehead atoms. The van der Waals surface area contributed by atoms with E-state index in [1.807, 2.05) is 49.4 Å². The van der Waals surface area contributed by atoms with Gasteiger partial charge in [-0.2, -0.15) is 0 Å². The summed E-state index contributed by atoms with van der Waals surface area (Å²) < 4.78 is 18.5. The summed E-state index contributed by atoms with van der Waals surface area (Å²) in [4.78, 5) is 2.47. The van der Waals surface area contributed by atoms with Crippen LogP contribution in [0.5, 0.6) is 17.2 Å². The Morgan fingerprint density at radius 3 is 2.33 bits per heavy atom. The first-order valence-electron chi connectivity index (χ1n) is 12.7. The predicted molar refractivity (Wildman–Crippen MR) is 141 cm³/mol. The van der Waals surface area contributed by atoms with Gasteiger partial charge in [0.1, 0.15) is 41.3 Å². The van der Waals surface area contributed by atoms with E-state index in [1.165, 1.54) is 19.3 Å². The van der Waals surface area contributed by atoms with Crippen molar-refractivity contribution in [1.29, 1.82) is 0 Å². The van der Waals surface area contributed by atoms with Crippen LogP contribution in [-0.2, 0) is 4.74 Å². The van der Waals surface area contributed by atoms with Crippen molar-refractivity contribution in [3.8, 4) is 28.6 Å². The Labute approximate surface area is 211 Å². The van der Waals surface area contributed by atoms with Gasteiger partial charge in [0.25, 0.3) is 0 Å². The van der Waals surface area contributed by atoms with Gasteiger partial charge in [0.05, 0.1) is 0 Å². The normalized spacial score (nSPS) is 15.2. The van der Waals surface area contributed by atoms with Crippen LogP contribution in [0.25, 0.3) is 22.3 Å². The minimum Gasteiger partial charge on any atom is -0.508 e. The Morgan fingerprint density at radius 2 is 1.61 bits per heavy atom. The Morgan fingerprint density at radius 1 is 0.889 bits per heavy atom. The Balaban J connectivity index is 1.44. The largest absolute Gasteiger partial charge is 0.508 e. The molecule has 6 heteroatoms. The molecule has 1 saturated heterocycles. The fourth-order valence-electron chi connectivity index (χ4n) is 4.92. The summed E-state index contributed by atoms with van der Waals surface area (Å²) in [5, 5.41) is 20.7. The number of phenolic OH excluding ortho intramolecular Hbond substituents is 2. The van der Waals surface area contributed by atoms with Gasteiger partial charge in [0, 0.05) is 35.7 Å². The molecule has 4 aromatic rings. The molecule has 1 aliphatic rings. The number of fused-ring (bicyclic) bond motifs is 1. The highest BCUT2D eigenvalue weighted by Crippen LogP contribution is 2.43. The molecule has 188 valence electrons. The van der Waals surface area contributed by atoms with Crippen LogP contribution in [0.4, 0.5) is 0 Å². The van der Waals surface area contributed by atoms with Crippen molar-refractivity contribution in [2.75, 3.05) is 32.8 Å². The molecule has 6 nitrogen and oxygen atoms in total. The molecular formula is C30H33NO5. The second-order valence-electron chi connectivity index (χ2n) is 9.23. The lowest BCUT2D eigenvalue weighted by atomic mass is 9.95. The van der Waals surface area contributed by atoms with Gasteiger partial charge in [-0.1, -0.05) is 18.6 Å². The lowest BCUT2D eigenvalue weighted by Crippen LogP contribution is -2.33. The average Bonchev–Trinajstić information content (AvgIpc) is 3.27. The van der Waals surface area contributed by atoms with Crippen LogP contribution in [-0.4, -0.2) is 48.0 Å². The molecule has 36 heavy (non-hydrogen) atoms. The number of ether oxygens (including phenoxy) is 2. The highest BCUT2D eigenvalue weighted by molar-refractivity contribution is 5.90. The summed E-state index contributed by atoms with van der Waals surface area (Å²) in [7, 11) is 0. The topological polar surface area (TPSA) is 75.3 Å². The summed E-state index contributed by atoms with van der Waals surface area (Å²) in [5.41, 5.74) is 3.27. The van der Waals surface area contributed by atoms with Crippen LogP contribution >= 0.6 is 0 Å². The fourth-order valence-corrected chi connectivity index (χ4v) is 4.92. The molecule has 0 amide bonds. The number of hydrogen-bond donors (Lipinski definition) is 2. The van der Waals surface area contributed by atoms with Gasteiger partial charge < -0.3 is 24.1 Å². The van der Waals surface area contributed by atoms with Gasteiger partial charge in [-0.05, 0) is 86.9 Å². The van der Waals surface area contributed by atoms with E-state index in [4.69, 9.17) is 13.9 Å². The van der Waals surface area contributed by atoms with Gasteiger partial charge in [-0.15, -0.1) is 0 Å². The molecule has 0 aliphatic carbocycles. The Hall–Kier alpha value is -3.48. The standard InChI is InChI=1S/C30H33NO5/c1-2-34-29(21-8-13-25(14-9-21)35-19-18-31-16-4-3-5-17-31)28-26-15-12-24(33)20-27(26)36-30(28)22-6-10-23(32)11-7-22/h6-15,20,29,32-33H,2-5,16-19H2,1H3. The molecular weight excluding hydrogens is 454 g/mol. The monoisotopic (exact) mass is 487 g/mol. The van der Waals surface area contributed by atoms with Crippen molar-refractivity contribution in [3.05, 3.63) is 77.9 Å². The van der Waals surface area contributed by atoms with E-state index >= 15 is 0 Å². The molecule has 5 rings (SSSR count). The summed E-state index contributed by atoms with van der Waals surface area (Å²) in [6.07, 6.45) is 3.51. The van der Waals surface area contributed by atoms with E-state index in [1.54, 1.807) is 24.3 Å². The van der Waals surface area contributed by atoms with E-state index in [-0.39, 0.29) is 17.6 Å². The Kier molecular flexibility index (Phi) is 7.44. The summed E-state index contributed by atoms with van der Waals surface area (Å²) in [5.74, 6) is 1.81. The van der Waals surface area contributed by atoms with Crippen LogP contribution in [0.1, 0.15) is 43.4 Å². The third-order valence-corrected chi connectivity index (χ3v) is 6.74. The van der Waals surface area contributed by atoms with E-state index in [0.717, 1.165) is 47.5 Å². The summed E-state index contributed by atoms with van der Waals surface area (Å²) in [6.45, 7) is 6.44. The van der Waals surface area contributed by atoms with Gasteiger partial charge in [-0.3, -0.25) is 4.90 Å². The van der Waals surface area contributed by atoms with Gasteiger partial charge >= 0.3 is 0 Å². The fraction of sp³-hybridized carbons (Fsp3) is 0.333. The molecule has 0 spiro atoms. The lowest BCUT2D eigenvalue weighted by Gasteiger charge is -2.26. The van der Waals surface area contributed by atoms with Crippen molar-refractivity contribution in [2.45, 2.75) is 32.3 Å². The molecule has 1 fully saturated rings. The minimum atomic E-state index is -0.382. The first-order chi connectivity index (χ1) is 17.6. The first-order valence-corrected chi connectivity index (χ1v) is 12.7. The molecule has 0 radical (unpaired) electrons. The minimum absolute atomic E-state index is 0.138. The van der Waals surface area contributed by atoms with E-state index in [9.17, 15) is 10.2 Å². The van der Waals surface area contributed by atoms with Crippen molar-refractivity contribution in [1.82, 2.24) is 4.90 Å². The van der Waals surface area contributed by atoms with Crippen molar-refractivity contribution in [3.63, 3.8) is 0 Å². The highest BCUT2D eigenvalue weighted by atomic mass is 16.5. The van der Waals surface area contributed by atoms with Crippen molar-refractivity contribution < 1.29 is 24.1 Å². The van der Waals surface area contributed by atoms with E-state index in [2.05, 4.69) is 4.90 Å². The second-order valence-corrected chi connectivity index (χ2v) is 9.23. The van der Waals surface area contributed by atoms with Crippen molar-refractivity contribution in [2.24, 2.45) is 0 Å². The summed E-state index contributed by atoms with van der Waals surface area (Å²) in [6, 6.07) is 20.1. The van der Waals surface area contributed by atoms with E-state index < -0.39 is 0 Å². The van der Waals surface area contributed by atoms with Gasteiger partial charge in [0.2, 0.25) is 0 Å². The van der Waals surface area contributed by atoms with Crippen LogP contribution in [0.2, 0.25) is 0 Å². The predicted octanol–water partition coefficient (Wildman–Crippen LogP) is 6.50. The maximum absolute atomic E-state index is 10.0. The smallest absolute Gasteiger partial charge is 0.141 e.